The van der Waals surface area contributed by atoms with Gasteiger partial charge in [0.2, 0.25) is 0 Å². The van der Waals surface area contributed by atoms with Crippen LogP contribution in [0.3, 0.4) is 0 Å². The summed E-state index contributed by atoms with van der Waals surface area (Å²) in [7, 11) is -3.66. The number of carbonyl (C=O) groups is 1. The number of halogens is 1. The number of para-hydroxylation sites is 1. The van der Waals surface area contributed by atoms with E-state index in [1.807, 2.05) is 37.3 Å². The summed E-state index contributed by atoms with van der Waals surface area (Å²) in [6.45, 7) is 2.36. The molecule has 1 amide bonds. The van der Waals surface area contributed by atoms with Crippen molar-refractivity contribution < 1.29 is 13.2 Å². The van der Waals surface area contributed by atoms with Crippen LogP contribution in [0.25, 0.3) is 0 Å². The highest BCUT2D eigenvalue weighted by atomic mass is 79.9. The van der Waals surface area contributed by atoms with E-state index in [0.29, 0.717) is 24.2 Å². The summed E-state index contributed by atoms with van der Waals surface area (Å²) in [5.74, 6) is -0.338. The van der Waals surface area contributed by atoms with Crippen molar-refractivity contribution in [1.29, 1.82) is 0 Å². The number of hydrogen-bond acceptors (Lipinski definition) is 4. The number of hydrogen-bond donors (Lipinski definition) is 2. The van der Waals surface area contributed by atoms with Crippen molar-refractivity contribution in [2.24, 2.45) is 0 Å². The number of benzene rings is 3. The molecule has 3 aromatic rings. The number of anilines is 2. The normalized spacial score (nSPS) is 12.9. The van der Waals surface area contributed by atoms with Crippen molar-refractivity contribution in [3.63, 3.8) is 0 Å². The Hall–Kier alpha value is -2.75. The lowest BCUT2D eigenvalue weighted by Crippen LogP contribution is -2.34. The second-order valence-electron chi connectivity index (χ2n) is 7.35. The van der Waals surface area contributed by atoms with Gasteiger partial charge < -0.3 is 5.32 Å². The van der Waals surface area contributed by atoms with Crippen LogP contribution >= 0.6 is 28.1 Å². The maximum atomic E-state index is 13.1. The van der Waals surface area contributed by atoms with Crippen LogP contribution < -0.4 is 14.9 Å². The highest BCUT2D eigenvalue weighted by molar-refractivity contribution is 9.10. The van der Waals surface area contributed by atoms with Crippen molar-refractivity contribution in [2.75, 3.05) is 16.2 Å². The van der Waals surface area contributed by atoms with Gasteiger partial charge in [-0.1, -0.05) is 40.2 Å². The van der Waals surface area contributed by atoms with Gasteiger partial charge in [0.25, 0.3) is 15.9 Å². The van der Waals surface area contributed by atoms with E-state index in [2.05, 4.69) is 26.6 Å². The molecule has 0 bridgehead atoms. The first-order chi connectivity index (χ1) is 15.3. The van der Waals surface area contributed by atoms with Gasteiger partial charge >= 0.3 is 0 Å². The van der Waals surface area contributed by atoms with Crippen LogP contribution in [-0.2, 0) is 16.4 Å². The zero-order chi connectivity index (χ0) is 22.9. The van der Waals surface area contributed by atoms with Crippen LogP contribution in [0.15, 0.2) is 76.1 Å². The number of rotatable bonds is 4. The topological polar surface area (TPSA) is 78.5 Å². The fourth-order valence-corrected chi connectivity index (χ4v) is 5.56. The molecular formula is C23H20BrN3O3S2. The maximum absolute atomic E-state index is 13.1. The Balaban J connectivity index is 1.43. The van der Waals surface area contributed by atoms with Crippen molar-refractivity contribution in [3.05, 3.63) is 87.9 Å². The molecule has 0 spiro atoms. The molecule has 164 valence electrons. The van der Waals surface area contributed by atoms with E-state index in [1.54, 1.807) is 24.3 Å². The van der Waals surface area contributed by atoms with E-state index in [4.69, 9.17) is 12.2 Å². The number of fused-ring (bicyclic) bond motifs is 1. The average Bonchev–Trinajstić information content (AvgIpc) is 3.21. The SMILES string of the molecule is Cc1ccc(C(=O)NC(=S)Nc2ccc(S(=O)(=O)N3CCc4ccccc43)cc2)cc1Br. The van der Waals surface area contributed by atoms with Crippen LogP contribution in [0.5, 0.6) is 0 Å². The monoisotopic (exact) mass is 529 g/mol. The average molecular weight is 530 g/mol. The van der Waals surface area contributed by atoms with Gasteiger partial charge in [-0.05, 0) is 79.2 Å². The van der Waals surface area contributed by atoms with Gasteiger partial charge in [0.15, 0.2) is 5.11 Å². The summed E-state index contributed by atoms with van der Waals surface area (Å²) in [5.41, 5.74) is 3.81. The molecule has 6 nitrogen and oxygen atoms in total. The molecule has 1 aliphatic rings. The molecule has 1 aliphatic heterocycles. The molecule has 2 N–H and O–H groups in total. The summed E-state index contributed by atoms with van der Waals surface area (Å²) < 4.78 is 28.5. The number of nitrogens with zero attached hydrogens (tertiary/aromatic N) is 1. The minimum Gasteiger partial charge on any atom is -0.332 e. The van der Waals surface area contributed by atoms with Crippen LogP contribution in [0, 0.1) is 6.92 Å². The quantitative estimate of drug-likeness (QED) is 0.481. The van der Waals surface area contributed by atoms with Gasteiger partial charge in [-0.15, -0.1) is 0 Å². The van der Waals surface area contributed by atoms with Gasteiger partial charge in [-0.3, -0.25) is 14.4 Å². The predicted molar refractivity (Wildman–Crippen MR) is 134 cm³/mol. The minimum atomic E-state index is -3.66. The van der Waals surface area contributed by atoms with Crippen LogP contribution in [0.1, 0.15) is 21.5 Å². The minimum absolute atomic E-state index is 0.121. The smallest absolute Gasteiger partial charge is 0.264 e. The summed E-state index contributed by atoms with van der Waals surface area (Å²) in [6.07, 6.45) is 0.695. The van der Waals surface area contributed by atoms with E-state index < -0.39 is 10.0 Å². The van der Waals surface area contributed by atoms with Crippen LogP contribution in [0.2, 0.25) is 0 Å². The van der Waals surface area contributed by atoms with E-state index in [9.17, 15) is 13.2 Å². The summed E-state index contributed by atoms with van der Waals surface area (Å²) >= 11 is 8.64. The van der Waals surface area contributed by atoms with Crippen LogP contribution in [-0.4, -0.2) is 26.0 Å². The lowest BCUT2D eigenvalue weighted by atomic mass is 10.1. The zero-order valence-electron chi connectivity index (χ0n) is 17.1. The second kappa shape index (κ2) is 9.01. The highest BCUT2D eigenvalue weighted by Gasteiger charge is 2.30. The Bertz CT molecular complexity index is 1310. The van der Waals surface area contributed by atoms with Gasteiger partial charge in [0.05, 0.1) is 10.6 Å². The first-order valence-corrected chi connectivity index (χ1v) is 12.5. The molecular weight excluding hydrogens is 510 g/mol. The van der Waals surface area contributed by atoms with E-state index in [0.717, 1.165) is 21.3 Å². The molecule has 0 radical (unpaired) electrons. The highest BCUT2D eigenvalue weighted by Crippen LogP contribution is 2.32. The molecule has 0 unspecified atom stereocenters. The maximum Gasteiger partial charge on any atom is 0.264 e. The third kappa shape index (κ3) is 4.55. The van der Waals surface area contributed by atoms with Crippen molar-refractivity contribution in [1.82, 2.24) is 5.32 Å². The number of thiocarbonyl (C=S) groups is 1. The van der Waals surface area contributed by atoms with Crippen LogP contribution in [0.4, 0.5) is 11.4 Å². The summed E-state index contributed by atoms with van der Waals surface area (Å²) in [5, 5.41) is 5.66. The number of amides is 1. The fraction of sp³-hybridized carbons (Fsp3) is 0.130. The summed E-state index contributed by atoms with van der Waals surface area (Å²) in [4.78, 5) is 12.6. The fourth-order valence-electron chi connectivity index (χ4n) is 3.47. The molecule has 0 saturated heterocycles. The van der Waals surface area contributed by atoms with Gasteiger partial charge in [-0.25, -0.2) is 8.42 Å². The van der Waals surface area contributed by atoms with E-state index >= 15 is 0 Å². The molecule has 3 aromatic carbocycles. The molecule has 4 rings (SSSR count). The Kier molecular flexibility index (Phi) is 6.32. The van der Waals surface area contributed by atoms with Gasteiger partial charge in [0, 0.05) is 22.3 Å². The molecule has 0 atom stereocenters. The number of nitrogens with one attached hydrogen (secondary N) is 2. The van der Waals surface area contributed by atoms with E-state index in [-0.39, 0.29) is 15.9 Å². The molecule has 0 saturated carbocycles. The van der Waals surface area contributed by atoms with Crippen molar-refractivity contribution in [2.45, 2.75) is 18.2 Å². The molecule has 32 heavy (non-hydrogen) atoms. The molecule has 0 aliphatic carbocycles. The van der Waals surface area contributed by atoms with Crippen molar-refractivity contribution in [3.8, 4) is 0 Å². The van der Waals surface area contributed by atoms with Crippen molar-refractivity contribution >= 4 is 60.6 Å². The molecule has 9 heteroatoms. The molecule has 0 fully saturated rings. The standard InChI is InChI=1S/C23H20BrN3O3S2/c1-15-6-7-17(14-20(15)24)22(28)26-23(31)25-18-8-10-19(11-9-18)32(29,30)27-13-12-16-4-2-3-5-21(16)27/h2-11,14H,12-13H2,1H3,(H2,25,26,28,31). The lowest BCUT2D eigenvalue weighted by molar-refractivity contribution is 0.0977. The third-order valence-electron chi connectivity index (χ3n) is 5.21. The van der Waals surface area contributed by atoms with Gasteiger partial charge in [-0.2, -0.15) is 0 Å². The summed E-state index contributed by atoms with van der Waals surface area (Å²) in [6, 6.07) is 19.1. The predicted octanol–water partition coefficient (Wildman–Crippen LogP) is 4.64. The Morgan fingerprint density at radius 1 is 1.06 bits per heavy atom. The number of aryl methyl sites for hydroxylation is 1. The number of carbonyl (C=O) groups excluding carboxylic acids is 1. The zero-order valence-corrected chi connectivity index (χ0v) is 20.4. The lowest BCUT2D eigenvalue weighted by Gasteiger charge is -2.19. The molecule has 1 heterocycles. The van der Waals surface area contributed by atoms with Gasteiger partial charge in [0.1, 0.15) is 0 Å². The largest absolute Gasteiger partial charge is 0.332 e. The Labute approximate surface area is 200 Å². The second-order valence-corrected chi connectivity index (χ2v) is 10.5. The molecule has 0 aromatic heterocycles. The first-order valence-electron chi connectivity index (χ1n) is 9.85. The Morgan fingerprint density at radius 3 is 2.50 bits per heavy atom. The third-order valence-corrected chi connectivity index (χ3v) is 8.09. The number of sulfonamides is 1. The Morgan fingerprint density at radius 2 is 1.78 bits per heavy atom. The van der Waals surface area contributed by atoms with E-state index in [1.165, 1.54) is 16.4 Å². The first kappa shape index (κ1) is 22.4.